The van der Waals surface area contributed by atoms with Crippen molar-refractivity contribution in [2.24, 2.45) is 11.8 Å². The first-order valence-corrected chi connectivity index (χ1v) is 16.9. The monoisotopic (exact) mass is 617 g/mol. The molecule has 0 spiro atoms. The second kappa shape index (κ2) is 15.6. The summed E-state index contributed by atoms with van der Waals surface area (Å²) in [6, 6.07) is 23.8. The number of likely N-dealkylation sites (N-methyl/N-ethyl adjacent to an activating group) is 1. The molecule has 8 heteroatoms. The molecule has 1 aliphatic rings. The first kappa shape index (κ1) is 32.8. The van der Waals surface area contributed by atoms with Gasteiger partial charge in [-0.25, -0.2) is 5.01 Å². The van der Waals surface area contributed by atoms with Gasteiger partial charge >= 0.3 is 0 Å². The predicted octanol–water partition coefficient (Wildman–Crippen LogP) is 6.91. The van der Waals surface area contributed by atoms with Crippen LogP contribution in [0.15, 0.2) is 82.6 Å². The Kier molecular flexibility index (Phi) is 11.9. The number of hydrogen-bond donors (Lipinski definition) is 1. The number of amides is 2. The van der Waals surface area contributed by atoms with Crippen LogP contribution in [-0.2, 0) is 4.79 Å². The summed E-state index contributed by atoms with van der Waals surface area (Å²) >= 11 is 3.40. The molecule has 1 fully saturated rings. The molecule has 3 aromatic rings. The molecule has 0 bridgehead atoms. The molecule has 2 amide bonds. The van der Waals surface area contributed by atoms with Crippen molar-refractivity contribution in [3.8, 4) is 0 Å². The van der Waals surface area contributed by atoms with Crippen LogP contribution in [-0.4, -0.2) is 65.2 Å². The molecule has 0 aromatic heterocycles. The maximum atomic E-state index is 13.7. The van der Waals surface area contributed by atoms with E-state index >= 15 is 0 Å². The molecule has 4 rings (SSSR count). The topological polar surface area (TPSA) is 69.7 Å². The molecule has 1 unspecified atom stereocenters. The summed E-state index contributed by atoms with van der Waals surface area (Å²) in [6.07, 6.45) is 1.49. The molecule has 1 aliphatic heterocycles. The molecule has 0 saturated carbocycles. The van der Waals surface area contributed by atoms with Crippen molar-refractivity contribution in [1.29, 1.82) is 0 Å². The van der Waals surface area contributed by atoms with Crippen LogP contribution in [0.2, 0.25) is 0 Å². The number of likely N-dealkylation sites (tertiary alicyclic amines) is 1. The van der Waals surface area contributed by atoms with Crippen molar-refractivity contribution in [3.63, 3.8) is 0 Å². The molecule has 1 N–H and O–H groups in total. The summed E-state index contributed by atoms with van der Waals surface area (Å²) in [6.45, 7) is 9.67. The lowest BCUT2D eigenvalue weighted by molar-refractivity contribution is -0.131. The number of hydrazine groups is 1. The number of nitrogens with zero attached hydrogens (tertiary/aromatic N) is 2. The predicted molar refractivity (Wildman–Crippen MR) is 178 cm³/mol. The highest BCUT2D eigenvalue weighted by Gasteiger charge is 2.31. The Labute approximate surface area is 265 Å². The van der Waals surface area contributed by atoms with Crippen molar-refractivity contribution in [3.05, 3.63) is 95.1 Å². The van der Waals surface area contributed by atoms with Crippen molar-refractivity contribution in [2.45, 2.75) is 56.4 Å². The van der Waals surface area contributed by atoms with Crippen LogP contribution < -0.4 is 5.43 Å². The van der Waals surface area contributed by atoms with E-state index < -0.39 is 0 Å². The lowest BCUT2D eigenvalue weighted by Crippen LogP contribution is -2.51. The molecular formula is C35H43N3O3S2. The summed E-state index contributed by atoms with van der Waals surface area (Å²) in [5.74, 6) is 1.45. The number of carbonyl (C=O) groups excluding carboxylic acids is 3. The molecule has 0 aliphatic carbocycles. The van der Waals surface area contributed by atoms with Crippen molar-refractivity contribution in [2.75, 3.05) is 31.6 Å². The molecule has 3 aromatic carbocycles. The number of rotatable bonds is 14. The van der Waals surface area contributed by atoms with Gasteiger partial charge in [0.05, 0.1) is 0 Å². The normalized spacial score (nSPS) is 14.1. The van der Waals surface area contributed by atoms with Crippen LogP contribution in [0, 0.1) is 25.7 Å². The fraction of sp³-hybridized carbons (Fsp3) is 0.400. The average molecular weight is 618 g/mol. The zero-order valence-electron chi connectivity index (χ0n) is 25.8. The van der Waals surface area contributed by atoms with Gasteiger partial charge < -0.3 is 4.90 Å². The summed E-state index contributed by atoms with van der Waals surface area (Å²) in [4.78, 5) is 43.3. The number of benzene rings is 3. The lowest BCUT2D eigenvalue weighted by atomic mass is 9.99. The van der Waals surface area contributed by atoms with Gasteiger partial charge in [0.2, 0.25) is 5.91 Å². The van der Waals surface area contributed by atoms with Gasteiger partial charge in [-0.2, -0.15) is 0 Å². The van der Waals surface area contributed by atoms with Gasteiger partial charge in [-0.05, 0) is 62.6 Å². The first-order valence-electron chi connectivity index (χ1n) is 15.0. The number of thioether (sulfide) groups is 2. The maximum absolute atomic E-state index is 13.7. The van der Waals surface area contributed by atoms with Crippen molar-refractivity contribution >= 4 is 41.1 Å². The van der Waals surface area contributed by atoms with Crippen LogP contribution in [0.3, 0.4) is 0 Å². The van der Waals surface area contributed by atoms with Crippen LogP contribution in [0.25, 0.3) is 0 Å². The van der Waals surface area contributed by atoms with Gasteiger partial charge in [0, 0.05) is 70.9 Å². The number of aryl methyl sites for hydroxylation is 2. The molecule has 228 valence electrons. The average Bonchev–Trinajstić information content (AvgIpc) is 3.42. The Balaban J connectivity index is 1.39. The van der Waals surface area contributed by atoms with E-state index in [4.69, 9.17) is 0 Å². The van der Waals surface area contributed by atoms with E-state index in [1.54, 1.807) is 52.8 Å². The number of ketones is 1. The highest BCUT2D eigenvalue weighted by Crippen LogP contribution is 2.29. The summed E-state index contributed by atoms with van der Waals surface area (Å²) in [7, 11) is 1.83. The fourth-order valence-corrected chi connectivity index (χ4v) is 7.27. The molecule has 1 saturated heterocycles. The van der Waals surface area contributed by atoms with E-state index in [1.165, 1.54) is 11.1 Å². The summed E-state index contributed by atoms with van der Waals surface area (Å²) < 4.78 is 0. The third kappa shape index (κ3) is 9.46. The van der Waals surface area contributed by atoms with Crippen LogP contribution in [0.5, 0.6) is 0 Å². The standard InChI is InChI=1S/C35H43N3O3S2/c1-24(2)32(38-20-6-7-33(38)39)21-37(5)36-35(41)28-14-12-27(13-15-28)34(40)29(22-42-30-16-8-25(3)9-17-30)23-43-31-18-10-26(4)11-19-31/h8-19,24,29,32H,6-7,20-23H2,1-5H3,(H,36,41). The van der Waals surface area contributed by atoms with Crippen molar-refractivity contribution in [1.82, 2.24) is 15.3 Å². The zero-order valence-corrected chi connectivity index (χ0v) is 27.5. The van der Waals surface area contributed by atoms with Gasteiger partial charge in [-0.1, -0.05) is 61.4 Å². The Morgan fingerprint density at radius 1 is 0.837 bits per heavy atom. The van der Waals surface area contributed by atoms with E-state index in [0.29, 0.717) is 35.6 Å². The maximum Gasteiger partial charge on any atom is 0.265 e. The molecule has 1 heterocycles. The molecule has 0 radical (unpaired) electrons. The zero-order chi connectivity index (χ0) is 30.9. The first-order chi connectivity index (χ1) is 20.6. The Morgan fingerprint density at radius 3 is 1.81 bits per heavy atom. The minimum Gasteiger partial charge on any atom is -0.338 e. The number of nitrogens with one attached hydrogen (secondary N) is 1. The highest BCUT2D eigenvalue weighted by molar-refractivity contribution is 8.00. The summed E-state index contributed by atoms with van der Waals surface area (Å²) in [5, 5.41) is 1.76. The van der Waals surface area contributed by atoms with E-state index in [2.05, 4.69) is 81.7 Å². The minimum absolute atomic E-state index is 0.0350. The second-order valence-corrected chi connectivity index (χ2v) is 13.9. The summed E-state index contributed by atoms with van der Waals surface area (Å²) in [5.41, 5.74) is 6.46. The number of hydrogen-bond acceptors (Lipinski definition) is 6. The van der Waals surface area contributed by atoms with Gasteiger partial charge in [0.15, 0.2) is 5.78 Å². The fourth-order valence-electron chi connectivity index (χ4n) is 5.14. The minimum atomic E-state index is -0.238. The number of Topliss-reactive ketones (excluding diaryl/α,β-unsaturated/α-hetero) is 1. The van der Waals surface area contributed by atoms with Gasteiger partial charge in [0.25, 0.3) is 5.91 Å². The molecule has 1 atom stereocenters. The third-order valence-corrected chi connectivity index (χ3v) is 10.1. The Hall–Kier alpha value is -3.07. The van der Waals surface area contributed by atoms with Gasteiger partial charge in [-0.3, -0.25) is 19.8 Å². The molecule has 6 nitrogen and oxygen atoms in total. The Morgan fingerprint density at radius 2 is 1.35 bits per heavy atom. The molecular weight excluding hydrogens is 575 g/mol. The van der Waals surface area contributed by atoms with Crippen LogP contribution in [0.4, 0.5) is 0 Å². The van der Waals surface area contributed by atoms with Gasteiger partial charge in [-0.15, -0.1) is 23.5 Å². The lowest BCUT2D eigenvalue weighted by Gasteiger charge is -2.34. The SMILES string of the molecule is Cc1ccc(SCC(CSc2ccc(C)cc2)C(=O)c2ccc(C(=O)NN(C)CC(C(C)C)N3CCCC3=O)cc2)cc1. The van der Waals surface area contributed by atoms with E-state index in [0.717, 1.165) is 22.8 Å². The molecule has 43 heavy (non-hydrogen) atoms. The third-order valence-electron chi connectivity index (χ3n) is 7.78. The smallest absolute Gasteiger partial charge is 0.265 e. The van der Waals surface area contributed by atoms with Gasteiger partial charge in [0.1, 0.15) is 0 Å². The largest absolute Gasteiger partial charge is 0.338 e. The quantitative estimate of drug-likeness (QED) is 0.120. The van der Waals surface area contributed by atoms with E-state index in [9.17, 15) is 14.4 Å². The van der Waals surface area contributed by atoms with Crippen LogP contribution >= 0.6 is 23.5 Å². The second-order valence-electron chi connectivity index (χ2n) is 11.7. The van der Waals surface area contributed by atoms with E-state index in [1.807, 2.05) is 11.9 Å². The number of carbonyl (C=O) groups is 3. The highest BCUT2D eigenvalue weighted by atomic mass is 32.2. The van der Waals surface area contributed by atoms with Crippen LogP contribution in [0.1, 0.15) is 58.5 Å². The Bertz CT molecular complexity index is 1330. The van der Waals surface area contributed by atoms with E-state index in [-0.39, 0.29) is 35.5 Å². The van der Waals surface area contributed by atoms with Crippen molar-refractivity contribution < 1.29 is 14.4 Å².